The Morgan fingerprint density at radius 3 is 2.12 bits per heavy atom. The molecule has 168 valence electrons. The van der Waals surface area contributed by atoms with Crippen molar-refractivity contribution in [2.75, 3.05) is 53.5 Å². The molecule has 0 unspecified atom stereocenters. The maximum atomic E-state index is 13.5. The van der Waals surface area contributed by atoms with Gasteiger partial charge >= 0.3 is 0 Å². The molecule has 32 heavy (non-hydrogen) atoms. The van der Waals surface area contributed by atoms with Gasteiger partial charge in [-0.1, -0.05) is 12.1 Å². The average molecular weight is 439 g/mol. The highest BCUT2D eigenvalue weighted by Crippen LogP contribution is 2.32. The van der Waals surface area contributed by atoms with E-state index in [4.69, 9.17) is 9.47 Å². The second-order valence-corrected chi connectivity index (χ2v) is 7.81. The molecular formula is C24H26FN3O4. The average Bonchev–Trinajstić information content (AvgIpc) is 3.05. The molecule has 2 aromatic carbocycles. The minimum Gasteiger partial charge on any atom is -0.497 e. The van der Waals surface area contributed by atoms with Crippen LogP contribution in [0.4, 0.5) is 4.39 Å². The molecule has 2 heterocycles. The number of rotatable bonds is 7. The quantitative estimate of drug-likeness (QED) is 0.617. The summed E-state index contributed by atoms with van der Waals surface area (Å²) >= 11 is 0. The van der Waals surface area contributed by atoms with Crippen molar-refractivity contribution in [2.45, 2.75) is 0 Å². The number of piperazine rings is 1. The number of nitrogens with zero attached hydrogens (tertiary/aromatic N) is 3. The number of halogens is 1. The smallest absolute Gasteiger partial charge is 0.277 e. The lowest BCUT2D eigenvalue weighted by molar-refractivity contribution is -0.138. The van der Waals surface area contributed by atoms with Crippen molar-refractivity contribution in [1.29, 1.82) is 0 Å². The number of imide groups is 1. The zero-order chi connectivity index (χ0) is 22.7. The molecule has 0 atom stereocenters. The third-order valence-electron chi connectivity index (χ3n) is 5.74. The monoisotopic (exact) mass is 439 g/mol. The van der Waals surface area contributed by atoms with Crippen molar-refractivity contribution in [3.05, 3.63) is 65.6 Å². The largest absolute Gasteiger partial charge is 0.497 e. The van der Waals surface area contributed by atoms with E-state index in [2.05, 4.69) is 4.90 Å². The van der Waals surface area contributed by atoms with Crippen molar-refractivity contribution < 1.29 is 23.5 Å². The lowest BCUT2D eigenvalue weighted by atomic mass is 10.0. The summed E-state index contributed by atoms with van der Waals surface area (Å²) in [6.45, 7) is 3.16. The van der Waals surface area contributed by atoms with E-state index in [1.807, 2.05) is 11.9 Å². The Kier molecular flexibility index (Phi) is 6.41. The van der Waals surface area contributed by atoms with Gasteiger partial charge in [0.05, 0.1) is 19.2 Å². The molecule has 0 saturated carbocycles. The summed E-state index contributed by atoms with van der Waals surface area (Å²) in [5.74, 6) is 0.228. The SMILES string of the molecule is COc1ccc(OCCN2C(=O)C(c3ccc(F)cc3)=C(N3CCN(C)CC3)C2=O)cc1. The van der Waals surface area contributed by atoms with Gasteiger partial charge in [-0.25, -0.2) is 4.39 Å². The number of amides is 2. The Hall–Kier alpha value is -3.39. The van der Waals surface area contributed by atoms with Gasteiger partial charge in [-0.15, -0.1) is 0 Å². The Balaban J connectivity index is 1.53. The molecule has 4 rings (SSSR count). The molecule has 0 aliphatic carbocycles. The Bertz CT molecular complexity index is 1010. The van der Waals surface area contributed by atoms with Crippen LogP contribution in [0, 0.1) is 5.82 Å². The number of carbonyl (C=O) groups is 2. The van der Waals surface area contributed by atoms with Crippen molar-refractivity contribution in [3.63, 3.8) is 0 Å². The van der Waals surface area contributed by atoms with Gasteiger partial charge in [-0.05, 0) is 49.0 Å². The Morgan fingerprint density at radius 1 is 0.875 bits per heavy atom. The summed E-state index contributed by atoms with van der Waals surface area (Å²) in [5.41, 5.74) is 1.25. The number of ether oxygens (including phenoxy) is 2. The maximum Gasteiger partial charge on any atom is 0.277 e. The highest BCUT2D eigenvalue weighted by Gasteiger charge is 2.41. The number of carbonyl (C=O) groups excluding carboxylic acids is 2. The molecule has 0 bridgehead atoms. The van der Waals surface area contributed by atoms with E-state index in [0.717, 1.165) is 13.1 Å². The molecule has 2 aliphatic heterocycles. The van der Waals surface area contributed by atoms with Crippen LogP contribution < -0.4 is 9.47 Å². The minimum absolute atomic E-state index is 0.117. The van der Waals surface area contributed by atoms with Crippen LogP contribution in [-0.2, 0) is 9.59 Å². The second-order valence-electron chi connectivity index (χ2n) is 7.81. The number of hydrogen-bond acceptors (Lipinski definition) is 6. The summed E-state index contributed by atoms with van der Waals surface area (Å²) in [6, 6.07) is 12.8. The third-order valence-corrected chi connectivity index (χ3v) is 5.74. The van der Waals surface area contributed by atoms with Crippen LogP contribution in [-0.4, -0.2) is 80.0 Å². The first-order valence-electron chi connectivity index (χ1n) is 10.5. The first-order chi connectivity index (χ1) is 15.5. The zero-order valence-corrected chi connectivity index (χ0v) is 18.2. The molecule has 2 aromatic rings. The highest BCUT2D eigenvalue weighted by atomic mass is 19.1. The zero-order valence-electron chi connectivity index (χ0n) is 18.2. The number of likely N-dealkylation sites (N-methyl/N-ethyl adjacent to an activating group) is 1. The number of methoxy groups -OCH3 is 1. The van der Waals surface area contributed by atoms with Crippen LogP contribution in [0.25, 0.3) is 5.57 Å². The molecular weight excluding hydrogens is 413 g/mol. The van der Waals surface area contributed by atoms with Crippen molar-refractivity contribution in [1.82, 2.24) is 14.7 Å². The van der Waals surface area contributed by atoms with E-state index in [0.29, 0.717) is 41.4 Å². The highest BCUT2D eigenvalue weighted by molar-refractivity contribution is 6.35. The Morgan fingerprint density at radius 2 is 1.50 bits per heavy atom. The van der Waals surface area contributed by atoms with Gasteiger partial charge in [0.2, 0.25) is 0 Å². The summed E-state index contributed by atoms with van der Waals surface area (Å²) in [7, 11) is 3.61. The van der Waals surface area contributed by atoms with Gasteiger partial charge in [0.15, 0.2) is 0 Å². The number of benzene rings is 2. The fourth-order valence-corrected chi connectivity index (χ4v) is 3.89. The van der Waals surface area contributed by atoms with E-state index in [9.17, 15) is 14.0 Å². The Labute approximate surface area is 186 Å². The van der Waals surface area contributed by atoms with Crippen molar-refractivity contribution in [2.24, 2.45) is 0 Å². The fraction of sp³-hybridized carbons (Fsp3) is 0.333. The molecule has 0 radical (unpaired) electrons. The summed E-state index contributed by atoms with van der Waals surface area (Å²) in [5, 5.41) is 0. The van der Waals surface area contributed by atoms with Gasteiger partial charge < -0.3 is 19.3 Å². The topological polar surface area (TPSA) is 62.3 Å². The van der Waals surface area contributed by atoms with Crippen molar-refractivity contribution >= 4 is 17.4 Å². The van der Waals surface area contributed by atoms with Crippen LogP contribution in [0.3, 0.4) is 0 Å². The first-order valence-corrected chi connectivity index (χ1v) is 10.5. The molecule has 1 saturated heterocycles. The summed E-state index contributed by atoms with van der Waals surface area (Å²) in [4.78, 5) is 32.0. The van der Waals surface area contributed by atoms with Crippen LogP contribution in [0.1, 0.15) is 5.56 Å². The molecule has 7 nitrogen and oxygen atoms in total. The van der Waals surface area contributed by atoms with E-state index in [1.165, 1.54) is 17.0 Å². The molecule has 1 fully saturated rings. The van der Waals surface area contributed by atoms with E-state index < -0.39 is 5.82 Å². The molecule has 8 heteroatoms. The van der Waals surface area contributed by atoms with Crippen LogP contribution in [0.15, 0.2) is 54.2 Å². The van der Waals surface area contributed by atoms with Crippen LogP contribution in [0.2, 0.25) is 0 Å². The van der Waals surface area contributed by atoms with Crippen LogP contribution in [0.5, 0.6) is 11.5 Å². The van der Waals surface area contributed by atoms with Gasteiger partial charge in [0, 0.05) is 26.2 Å². The predicted octanol–water partition coefficient (Wildman–Crippen LogP) is 2.24. The van der Waals surface area contributed by atoms with Crippen molar-refractivity contribution in [3.8, 4) is 11.5 Å². The van der Waals surface area contributed by atoms with E-state index in [-0.39, 0.29) is 25.0 Å². The summed E-state index contributed by atoms with van der Waals surface area (Å²) < 4.78 is 24.3. The van der Waals surface area contributed by atoms with Gasteiger partial charge in [0.25, 0.3) is 11.8 Å². The molecule has 0 aromatic heterocycles. The van der Waals surface area contributed by atoms with E-state index >= 15 is 0 Å². The standard InChI is InChI=1S/C24H26FN3O4/c1-26-11-13-27(14-12-26)22-21(17-3-5-18(25)6-4-17)23(29)28(24(22)30)15-16-32-20-9-7-19(31-2)8-10-20/h3-10H,11-16H2,1-2H3. The first kappa shape index (κ1) is 21.8. The lowest BCUT2D eigenvalue weighted by Gasteiger charge is -2.34. The van der Waals surface area contributed by atoms with Gasteiger partial charge in [-0.2, -0.15) is 0 Å². The molecule has 2 aliphatic rings. The number of hydrogen-bond donors (Lipinski definition) is 0. The maximum absolute atomic E-state index is 13.5. The molecule has 0 spiro atoms. The normalized spacial score (nSPS) is 17.3. The fourth-order valence-electron chi connectivity index (χ4n) is 3.89. The second kappa shape index (κ2) is 9.40. The third kappa shape index (κ3) is 4.45. The van der Waals surface area contributed by atoms with Crippen LogP contribution >= 0.6 is 0 Å². The predicted molar refractivity (Wildman–Crippen MR) is 118 cm³/mol. The summed E-state index contributed by atoms with van der Waals surface area (Å²) in [6.07, 6.45) is 0. The van der Waals surface area contributed by atoms with Gasteiger partial charge in [-0.3, -0.25) is 14.5 Å². The molecule has 0 N–H and O–H groups in total. The minimum atomic E-state index is -0.392. The molecule has 2 amide bonds. The van der Waals surface area contributed by atoms with E-state index in [1.54, 1.807) is 43.5 Å². The van der Waals surface area contributed by atoms with Gasteiger partial charge in [0.1, 0.15) is 29.6 Å². The lowest BCUT2D eigenvalue weighted by Crippen LogP contribution is -2.46.